The van der Waals surface area contributed by atoms with E-state index in [9.17, 15) is 0 Å². The van der Waals surface area contributed by atoms with E-state index < -0.39 is 15.0 Å². The van der Waals surface area contributed by atoms with Crippen molar-refractivity contribution in [2.75, 3.05) is 22.9 Å². The van der Waals surface area contributed by atoms with Crippen LogP contribution in [-0.4, -0.2) is 26.5 Å². The Hall–Kier alpha value is -4.27. The van der Waals surface area contributed by atoms with Crippen LogP contribution in [0, 0.1) is 41.5 Å². The number of aromatic nitrogens is 1. The summed E-state index contributed by atoms with van der Waals surface area (Å²) in [7, 11) is 0. The van der Waals surface area contributed by atoms with Gasteiger partial charge in [0.2, 0.25) is 0 Å². The molecule has 4 aromatic carbocycles. The van der Waals surface area contributed by atoms with E-state index in [1.807, 2.05) is 12.3 Å². The summed E-state index contributed by atoms with van der Waals surface area (Å²) in [6.07, 6.45) is 4.48. The number of aryl methyl sites for hydroxylation is 6. The van der Waals surface area contributed by atoms with Gasteiger partial charge in [0.25, 0.3) is 0 Å². The molecule has 0 N–H and O–H groups in total. The Balaban J connectivity index is 1.65. The minimum absolute atomic E-state index is 0.939. The quantitative estimate of drug-likeness (QED) is 0.180. The molecule has 0 atom stereocenters. The predicted molar refractivity (Wildman–Crippen MR) is 189 cm³/mol. The van der Waals surface area contributed by atoms with Gasteiger partial charge in [-0.25, -0.2) is 0 Å². The predicted octanol–water partition coefficient (Wildman–Crippen LogP) is 7.96. The summed E-state index contributed by atoms with van der Waals surface area (Å²) in [5, 5.41) is 0. The minimum atomic E-state index is -2.23. The summed E-state index contributed by atoms with van der Waals surface area (Å²) in [4.78, 5) is 10.5. The van der Waals surface area contributed by atoms with Crippen molar-refractivity contribution in [1.82, 2.24) is 4.98 Å². The molecule has 0 spiro atoms. The number of rotatable bonds is 4. The van der Waals surface area contributed by atoms with E-state index in [0.29, 0.717) is 0 Å². The zero-order valence-electron chi connectivity index (χ0n) is 27.0. The van der Waals surface area contributed by atoms with Crippen LogP contribution >= 0.6 is 0 Å². The molecule has 1 aliphatic heterocycles. The Morgan fingerprint density at radius 3 is 1.62 bits per heavy atom. The molecule has 0 unspecified atom stereocenters. The molecule has 4 heteroatoms. The van der Waals surface area contributed by atoms with E-state index >= 15 is 0 Å². The third-order valence-electron chi connectivity index (χ3n) is 8.76. The number of pyridine rings is 1. The summed E-state index contributed by atoms with van der Waals surface area (Å²) in [5.74, 6) is 0. The SMILES string of the molecule is Cc1cc(C)c(N2CCN(c3c(C)cc(C)cc3C)[C]2=[Ru](=[C]2\C=C(c3ccccc3)c3ccccc32)/[c]2ccccn2)c(C)c1. The van der Waals surface area contributed by atoms with Gasteiger partial charge in [-0.2, -0.15) is 0 Å². The van der Waals surface area contributed by atoms with Gasteiger partial charge in [-0.05, 0) is 0 Å². The van der Waals surface area contributed by atoms with Crippen LogP contribution in [0.15, 0.2) is 109 Å². The fourth-order valence-electron chi connectivity index (χ4n) is 7.22. The molecule has 5 aromatic rings. The van der Waals surface area contributed by atoms with Crippen molar-refractivity contribution in [3.63, 3.8) is 0 Å². The third kappa shape index (κ3) is 5.26. The maximum atomic E-state index is 5.15. The Morgan fingerprint density at radius 2 is 1.09 bits per heavy atom. The van der Waals surface area contributed by atoms with Crippen molar-refractivity contribution in [2.24, 2.45) is 0 Å². The van der Waals surface area contributed by atoms with Crippen LogP contribution in [0.2, 0.25) is 0 Å². The fraction of sp³-hybridized carbons (Fsp3) is 0.195. The van der Waals surface area contributed by atoms with Gasteiger partial charge in [0.1, 0.15) is 0 Å². The summed E-state index contributed by atoms with van der Waals surface area (Å²) in [6, 6.07) is 35.7. The Labute approximate surface area is 272 Å². The van der Waals surface area contributed by atoms with Gasteiger partial charge < -0.3 is 0 Å². The zero-order valence-corrected chi connectivity index (χ0v) is 28.7. The van der Waals surface area contributed by atoms with E-state index in [1.54, 1.807) is 0 Å². The molecule has 2 aliphatic rings. The van der Waals surface area contributed by atoms with E-state index in [1.165, 1.54) is 79.8 Å². The van der Waals surface area contributed by atoms with Crippen molar-refractivity contribution >= 4 is 29.7 Å². The molecule has 1 saturated heterocycles. The Bertz CT molecular complexity index is 1950. The summed E-state index contributed by atoms with van der Waals surface area (Å²) in [5.41, 5.74) is 15.8. The molecule has 0 radical (unpaired) electrons. The molecule has 0 bridgehead atoms. The summed E-state index contributed by atoms with van der Waals surface area (Å²) in [6.45, 7) is 15.4. The second-order valence-corrected chi connectivity index (χ2v) is 16.2. The second kappa shape index (κ2) is 11.9. The van der Waals surface area contributed by atoms with Crippen LogP contribution in [0.25, 0.3) is 5.57 Å². The van der Waals surface area contributed by atoms with Gasteiger partial charge in [0, 0.05) is 0 Å². The zero-order chi connectivity index (χ0) is 31.2. The normalized spacial score (nSPS) is 15.8. The summed E-state index contributed by atoms with van der Waals surface area (Å²) < 4.78 is 4.05. The van der Waals surface area contributed by atoms with Gasteiger partial charge >= 0.3 is 274 Å². The molecule has 227 valence electrons. The first-order valence-electron chi connectivity index (χ1n) is 15.7. The van der Waals surface area contributed by atoms with E-state index in [0.717, 1.165) is 13.1 Å². The number of anilines is 2. The standard InChI is InChI=1S/C21H26N2.C15H10.C5H4N.Ru/c1-14-9-16(3)20(17(4)10-14)22-7-8-23(13-22)21-18(5)11-15(2)12-19(21)6;1-2-6-12(7-3-1)15-11-10-13-8-4-5-9-14(13)15;1-2-4-6-5-3-1;/h9-12H,7-8H2,1-6H3;1-9,11H;1-4H;. The number of hydrogen-bond acceptors (Lipinski definition) is 3. The fourth-order valence-corrected chi connectivity index (χ4v) is 12.4. The number of hydrogen-bond donors (Lipinski definition) is 0. The monoisotopic (exact) mass is 676 g/mol. The molecule has 7 rings (SSSR count). The number of fused-ring (bicyclic) bond motifs is 1. The molecule has 1 aliphatic carbocycles. The maximum absolute atomic E-state index is 5.15. The van der Waals surface area contributed by atoms with Crippen LogP contribution < -0.4 is 14.1 Å². The first-order valence-corrected chi connectivity index (χ1v) is 18.3. The second-order valence-electron chi connectivity index (χ2n) is 12.3. The average molecular weight is 676 g/mol. The van der Waals surface area contributed by atoms with Crippen molar-refractivity contribution in [1.29, 1.82) is 0 Å². The van der Waals surface area contributed by atoms with E-state index in [-0.39, 0.29) is 0 Å². The molecular formula is C41H40N3Ru. The van der Waals surface area contributed by atoms with Crippen molar-refractivity contribution < 1.29 is 15.0 Å². The van der Waals surface area contributed by atoms with Crippen LogP contribution in [0.3, 0.4) is 0 Å². The van der Waals surface area contributed by atoms with Gasteiger partial charge in [-0.3, -0.25) is 0 Å². The van der Waals surface area contributed by atoms with Gasteiger partial charge in [0.15, 0.2) is 0 Å². The Kier molecular flexibility index (Phi) is 7.80. The molecule has 1 aromatic heterocycles. The first-order chi connectivity index (χ1) is 21.8. The topological polar surface area (TPSA) is 19.4 Å². The van der Waals surface area contributed by atoms with Gasteiger partial charge in [0.05, 0.1) is 0 Å². The number of benzene rings is 4. The van der Waals surface area contributed by atoms with Crippen LogP contribution in [-0.2, 0) is 15.0 Å². The third-order valence-corrected chi connectivity index (χ3v) is 13.5. The van der Waals surface area contributed by atoms with E-state index in [2.05, 4.69) is 148 Å². The van der Waals surface area contributed by atoms with E-state index in [4.69, 9.17) is 4.98 Å². The molecule has 0 saturated carbocycles. The van der Waals surface area contributed by atoms with Crippen LogP contribution in [0.4, 0.5) is 11.4 Å². The molecule has 3 nitrogen and oxygen atoms in total. The Morgan fingerprint density at radius 1 is 0.578 bits per heavy atom. The molecule has 45 heavy (non-hydrogen) atoms. The van der Waals surface area contributed by atoms with Crippen molar-refractivity contribution in [3.8, 4) is 0 Å². The molecule has 2 heterocycles. The van der Waals surface area contributed by atoms with Crippen LogP contribution in [0.1, 0.15) is 50.1 Å². The molecule has 0 amide bonds. The van der Waals surface area contributed by atoms with Gasteiger partial charge in [-0.15, -0.1) is 0 Å². The molecule has 1 fully saturated rings. The summed E-state index contributed by atoms with van der Waals surface area (Å²) >= 11 is -2.23. The number of allylic oxidation sites excluding steroid dienone is 1. The van der Waals surface area contributed by atoms with Crippen molar-refractivity contribution in [2.45, 2.75) is 41.5 Å². The molecular weight excluding hydrogens is 636 g/mol. The first kappa shape index (κ1) is 29.4. The van der Waals surface area contributed by atoms with Crippen molar-refractivity contribution in [3.05, 3.63) is 159 Å². The van der Waals surface area contributed by atoms with Gasteiger partial charge in [-0.1, -0.05) is 0 Å². The number of nitrogens with zero attached hydrogens (tertiary/aromatic N) is 3. The average Bonchev–Trinajstić information content (AvgIpc) is 3.60. The van der Waals surface area contributed by atoms with Crippen LogP contribution in [0.5, 0.6) is 0 Å².